The van der Waals surface area contributed by atoms with Crippen LogP contribution in [0.25, 0.3) is 0 Å². The predicted octanol–water partition coefficient (Wildman–Crippen LogP) is 2.35. The molecule has 0 aliphatic heterocycles. The number of anilines is 2. The zero-order valence-corrected chi connectivity index (χ0v) is 13.5. The molecule has 0 fully saturated rings. The predicted molar refractivity (Wildman–Crippen MR) is 88.7 cm³/mol. The summed E-state index contributed by atoms with van der Waals surface area (Å²) in [6.07, 6.45) is 3.43. The Morgan fingerprint density at radius 2 is 1.74 bits per heavy atom. The Hall–Kier alpha value is -2.52. The molecule has 0 saturated heterocycles. The van der Waals surface area contributed by atoms with E-state index >= 15 is 0 Å². The summed E-state index contributed by atoms with van der Waals surface area (Å²) in [6, 6.07) is 10.2. The van der Waals surface area contributed by atoms with Gasteiger partial charge >= 0.3 is 0 Å². The number of sulfonamides is 1. The van der Waals surface area contributed by atoms with Crippen molar-refractivity contribution < 1.29 is 8.42 Å². The molecule has 0 radical (unpaired) electrons. The van der Waals surface area contributed by atoms with Crippen LogP contribution in [0.15, 0.2) is 58.4 Å². The van der Waals surface area contributed by atoms with Crippen LogP contribution >= 0.6 is 11.3 Å². The van der Waals surface area contributed by atoms with Crippen LogP contribution in [-0.4, -0.2) is 23.6 Å². The molecule has 0 spiro atoms. The van der Waals surface area contributed by atoms with Crippen molar-refractivity contribution in [1.29, 1.82) is 0 Å². The summed E-state index contributed by atoms with van der Waals surface area (Å²) in [7, 11) is -3.60. The number of hydrogen-bond acceptors (Lipinski definition) is 7. The number of hydrogen-bond donors (Lipinski definition) is 2. The molecule has 0 amide bonds. The first-order chi connectivity index (χ1) is 11.1. The Kier molecular flexibility index (Phi) is 4.49. The number of nitrogens with zero attached hydrogens (tertiary/aromatic N) is 3. The van der Waals surface area contributed by atoms with E-state index in [4.69, 9.17) is 0 Å². The van der Waals surface area contributed by atoms with Crippen molar-refractivity contribution >= 4 is 33.0 Å². The van der Waals surface area contributed by atoms with Crippen LogP contribution in [-0.2, 0) is 16.6 Å². The molecular weight excluding hydrogens is 334 g/mol. The Labute approximate surface area is 137 Å². The van der Waals surface area contributed by atoms with Gasteiger partial charge in [0, 0.05) is 18.9 Å². The molecule has 0 aromatic carbocycles. The number of nitrogens with one attached hydrogen (secondary N) is 2. The Bertz CT molecular complexity index is 850. The first kappa shape index (κ1) is 15.4. The lowest BCUT2D eigenvalue weighted by atomic mass is 10.3. The average Bonchev–Trinajstić information content (AvgIpc) is 3.10. The second-order valence-electron chi connectivity index (χ2n) is 4.55. The number of aromatic nitrogens is 3. The SMILES string of the molecule is O=S(=O)(Nc1ccc(NCc2ccncc2)nn1)c1cccs1. The van der Waals surface area contributed by atoms with E-state index in [0.29, 0.717) is 12.4 Å². The quantitative estimate of drug-likeness (QED) is 0.710. The first-order valence-electron chi connectivity index (χ1n) is 6.66. The third-order valence-corrected chi connectivity index (χ3v) is 5.64. The molecule has 0 aliphatic rings. The number of pyridine rings is 1. The Morgan fingerprint density at radius 1 is 1.00 bits per heavy atom. The lowest BCUT2D eigenvalue weighted by molar-refractivity contribution is 0.603. The maximum Gasteiger partial charge on any atom is 0.272 e. The van der Waals surface area contributed by atoms with Gasteiger partial charge in [0.15, 0.2) is 5.82 Å². The van der Waals surface area contributed by atoms with Crippen molar-refractivity contribution in [1.82, 2.24) is 15.2 Å². The number of rotatable bonds is 6. The normalized spacial score (nSPS) is 11.1. The van der Waals surface area contributed by atoms with Crippen molar-refractivity contribution in [2.45, 2.75) is 10.8 Å². The Morgan fingerprint density at radius 3 is 2.39 bits per heavy atom. The molecule has 0 saturated carbocycles. The van der Waals surface area contributed by atoms with E-state index in [1.165, 1.54) is 6.07 Å². The summed E-state index contributed by atoms with van der Waals surface area (Å²) in [6.45, 7) is 0.581. The van der Waals surface area contributed by atoms with Gasteiger partial charge in [0.25, 0.3) is 10.0 Å². The van der Waals surface area contributed by atoms with Crippen molar-refractivity contribution in [2.24, 2.45) is 0 Å². The minimum absolute atomic E-state index is 0.174. The van der Waals surface area contributed by atoms with Crippen molar-refractivity contribution in [3.05, 3.63) is 59.7 Å². The van der Waals surface area contributed by atoms with Gasteiger partial charge in [-0.15, -0.1) is 21.5 Å². The van der Waals surface area contributed by atoms with E-state index in [1.54, 1.807) is 36.0 Å². The van der Waals surface area contributed by atoms with Gasteiger partial charge in [0.2, 0.25) is 0 Å². The largest absolute Gasteiger partial charge is 0.365 e. The van der Waals surface area contributed by atoms with E-state index in [9.17, 15) is 8.42 Å². The van der Waals surface area contributed by atoms with Gasteiger partial charge in [0.05, 0.1) is 0 Å². The second-order valence-corrected chi connectivity index (χ2v) is 7.41. The molecule has 7 nitrogen and oxygen atoms in total. The highest BCUT2D eigenvalue weighted by Gasteiger charge is 2.15. The molecule has 0 atom stereocenters. The van der Waals surface area contributed by atoms with Gasteiger partial charge in [0.1, 0.15) is 10.0 Å². The molecule has 23 heavy (non-hydrogen) atoms. The van der Waals surface area contributed by atoms with E-state index in [0.717, 1.165) is 16.9 Å². The standard InChI is InChI=1S/C14H13N5O2S2/c20-23(21,14-2-1-9-22-14)19-13-4-3-12(17-18-13)16-10-11-5-7-15-8-6-11/h1-9H,10H2,(H,16,17)(H,18,19). The molecule has 2 N–H and O–H groups in total. The molecule has 9 heteroatoms. The van der Waals surface area contributed by atoms with E-state index in [1.807, 2.05) is 12.1 Å². The highest BCUT2D eigenvalue weighted by Crippen LogP contribution is 2.19. The van der Waals surface area contributed by atoms with Crippen molar-refractivity contribution in [3.63, 3.8) is 0 Å². The third-order valence-electron chi connectivity index (χ3n) is 2.89. The van der Waals surface area contributed by atoms with E-state index < -0.39 is 10.0 Å². The first-order valence-corrected chi connectivity index (χ1v) is 9.02. The van der Waals surface area contributed by atoms with Gasteiger partial charge in [-0.25, -0.2) is 8.42 Å². The van der Waals surface area contributed by atoms with Gasteiger partial charge in [-0.1, -0.05) is 6.07 Å². The fraction of sp³-hybridized carbons (Fsp3) is 0.0714. The fourth-order valence-electron chi connectivity index (χ4n) is 1.78. The summed E-state index contributed by atoms with van der Waals surface area (Å²) in [5.74, 6) is 0.730. The van der Waals surface area contributed by atoms with Gasteiger partial charge < -0.3 is 5.32 Å². The molecule has 118 valence electrons. The molecule has 0 bridgehead atoms. The molecule has 3 aromatic rings. The number of thiophene rings is 1. The lowest BCUT2D eigenvalue weighted by Crippen LogP contribution is -2.13. The smallest absolute Gasteiger partial charge is 0.272 e. The third kappa shape index (κ3) is 4.02. The summed E-state index contributed by atoms with van der Waals surface area (Å²) in [5.41, 5.74) is 1.06. The molecule has 3 heterocycles. The summed E-state index contributed by atoms with van der Waals surface area (Å²) < 4.78 is 26.8. The topological polar surface area (TPSA) is 96.9 Å². The molecule has 0 aliphatic carbocycles. The second kappa shape index (κ2) is 6.71. The molecule has 3 rings (SSSR count). The van der Waals surface area contributed by atoms with Crippen LogP contribution in [0.5, 0.6) is 0 Å². The van der Waals surface area contributed by atoms with Crippen molar-refractivity contribution in [3.8, 4) is 0 Å². The van der Waals surface area contributed by atoms with Gasteiger partial charge in [-0.05, 0) is 41.3 Å². The zero-order valence-electron chi connectivity index (χ0n) is 11.9. The summed E-state index contributed by atoms with van der Waals surface area (Å²) in [5, 5.41) is 12.6. The van der Waals surface area contributed by atoms with Crippen LogP contribution in [0.2, 0.25) is 0 Å². The van der Waals surface area contributed by atoms with Crippen LogP contribution in [0.3, 0.4) is 0 Å². The molecular formula is C14H13N5O2S2. The van der Waals surface area contributed by atoms with Crippen molar-refractivity contribution in [2.75, 3.05) is 10.0 Å². The van der Waals surface area contributed by atoms with Crippen LogP contribution in [0.1, 0.15) is 5.56 Å². The van der Waals surface area contributed by atoms with Crippen LogP contribution in [0.4, 0.5) is 11.6 Å². The summed E-state index contributed by atoms with van der Waals surface area (Å²) in [4.78, 5) is 3.95. The highest BCUT2D eigenvalue weighted by atomic mass is 32.2. The maximum atomic E-state index is 12.1. The Balaban J connectivity index is 1.63. The molecule has 3 aromatic heterocycles. The minimum Gasteiger partial charge on any atom is -0.365 e. The fourth-order valence-corrected chi connectivity index (χ4v) is 3.77. The van der Waals surface area contributed by atoms with Gasteiger partial charge in [-0.2, -0.15) is 0 Å². The van der Waals surface area contributed by atoms with E-state index in [2.05, 4.69) is 25.2 Å². The summed E-state index contributed by atoms with van der Waals surface area (Å²) >= 11 is 1.14. The highest BCUT2D eigenvalue weighted by molar-refractivity contribution is 7.94. The zero-order chi connectivity index (χ0) is 16.1. The molecule has 0 unspecified atom stereocenters. The lowest BCUT2D eigenvalue weighted by Gasteiger charge is -2.07. The minimum atomic E-state index is -3.60. The van der Waals surface area contributed by atoms with Gasteiger partial charge in [-0.3, -0.25) is 9.71 Å². The average molecular weight is 347 g/mol. The van der Waals surface area contributed by atoms with Crippen LogP contribution in [0, 0.1) is 0 Å². The van der Waals surface area contributed by atoms with E-state index in [-0.39, 0.29) is 10.0 Å². The van der Waals surface area contributed by atoms with Crippen LogP contribution < -0.4 is 10.0 Å². The monoisotopic (exact) mass is 347 g/mol. The maximum absolute atomic E-state index is 12.1.